The number of benzene rings is 1. The van der Waals surface area contributed by atoms with Gasteiger partial charge in [-0.2, -0.15) is 13.2 Å². The molecule has 3 rings (SSSR count). The second-order valence-corrected chi connectivity index (χ2v) is 7.08. The molecule has 1 aromatic carbocycles. The molecule has 1 unspecified atom stereocenters. The summed E-state index contributed by atoms with van der Waals surface area (Å²) in [5, 5.41) is 14.2. The van der Waals surface area contributed by atoms with Crippen LogP contribution in [0, 0.1) is 0 Å². The number of aliphatic hydroxyl groups is 1. The average Bonchev–Trinajstić information content (AvgIpc) is 2.96. The average molecular weight is 441 g/mol. The number of hydrazine groups is 2. The monoisotopic (exact) mass is 440 g/mol. The maximum absolute atomic E-state index is 13.1. The van der Waals surface area contributed by atoms with Crippen LogP contribution in [0.2, 0.25) is 5.02 Å². The number of allylic oxidation sites excluding steroid dienone is 1. The van der Waals surface area contributed by atoms with E-state index in [0.29, 0.717) is 11.4 Å². The zero-order valence-electron chi connectivity index (χ0n) is 15.9. The Labute approximate surface area is 176 Å². The zero-order chi connectivity index (χ0) is 22.1. The van der Waals surface area contributed by atoms with E-state index in [0.717, 1.165) is 5.56 Å². The van der Waals surface area contributed by atoms with Crippen LogP contribution in [0.1, 0.15) is 11.1 Å². The quantitative estimate of drug-likeness (QED) is 0.418. The molecule has 0 amide bonds. The number of nitrogens with two attached hydrogens (primary N) is 2. The molecular formula is C19H20ClF3N6O. The van der Waals surface area contributed by atoms with Gasteiger partial charge in [-0.15, -0.1) is 0 Å². The molecule has 11 heteroatoms. The van der Waals surface area contributed by atoms with Crippen LogP contribution in [0.3, 0.4) is 0 Å². The molecule has 1 aliphatic rings. The van der Waals surface area contributed by atoms with Crippen LogP contribution in [0.5, 0.6) is 0 Å². The lowest BCUT2D eigenvalue weighted by atomic mass is 10.1. The molecule has 0 saturated heterocycles. The second-order valence-electron chi connectivity index (χ2n) is 6.64. The van der Waals surface area contributed by atoms with Crippen molar-refractivity contribution in [1.29, 1.82) is 0 Å². The Morgan fingerprint density at radius 1 is 1.27 bits per heavy atom. The van der Waals surface area contributed by atoms with Crippen molar-refractivity contribution in [1.82, 2.24) is 15.4 Å². The van der Waals surface area contributed by atoms with Gasteiger partial charge < -0.3 is 16.3 Å². The van der Waals surface area contributed by atoms with E-state index in [2.05, 4.69) is 4.98 Å². The fraction of sp³-hybridized carbons (Fsp3) is 0.211. The largest absolute Gasteiger partial charge is 0.494 e. The number of hydrogen-bond acceptors (Lipinski definition) is 7. The second kappa shape index (κ2) is 8.42. The van der Waals surface area contributed by atoms with Crippen molar-refractivity contribution in [2.75, 3.05) is 12.1 Å². The normalized spacial score (nSPS) is 18.3. The van der Waals surface area contributed by atoms with Crippen LogP contribution in [-0.4, -0.2) is 34.4 Å². The SMILES string of the molecule is CN1C(Cc2ccc(Cl)cc2)C=C(O)N1c1cc(/C(N)=C(/NN)C(F)(F)F)ccn1. The predicted molar refractivity (Wildman–Crippen MR) is 109 cm³/mol. The Bertz CT molecular complexity index is 977. The van der Waals surface area contributed by atoms with Gasteiger partial charge in [-0.25, -0.2) is 15.0 Å². The maximum Gasteiger partial charge on any atom is 0.434 e. The van der Waals surface area contributed by atoms with Gasteiger partial charge in [-0.1, -0.05) is 23.7 Å². The third-order valence-electron chi connectivity index (χ3n) is 4.68. The highest BCUT2D eigenvalue weighted by Crippen LogP contribution is 2.31. The summed E-state index contributed by atoms with van der Waals surface area (Å²) in [6.45, 7) is 0. The minimum Gasteiger partial charge on any atom is -0.494 e. The van der Waals surface area contributed by atoms with Crippen LogP contribution in [0.4, 0.5) is 19.0 Å². The molecule has 2 aromatic rings. The van der Waals surface area contributed by atoms with Crippen molar-refractivity contribution in [2.24, 2.45) is 11.6 Å². The number of aromatic nitrogens is 1. The third-order valence-corrected chi connectivity index (χ3v) is 4.93. The summed E-state index contributed by atoms with van der Waals surface area (Å²) >= 11 is 5.91. The molecule has 0 fully saturated rings. The number of hydrogen-bond donors (Lipinski definition) is 4. The number of rotatable bonds is 5. The number of pyridine rings is 1. The van der Waals surface area contributed by atoms with Crippen molar-refractivity contribution < 1.29 is 18.3 Å². The Balaban J connectivity index is 1.88. The summed E-state index contributed by atoms with van der Waals surface area (Å²) < 4.78 is 39.3. The van der Waals surface area contributed by atoms with Gasteiger partial charge >= 0.3 is 6.18 Å². The topological polar surface area (TPSA) is 104 Å². The van der Waals surface area contributed by atoms with Gasteiger partial charge in [0.2, 0.25) is 5.88 Å². The summed E-state index contributed by atoms with van der Waals surface area (Å²) in [7, 11) is 1.73. The first-order valence-electron chi connectivity index (χ1n) is 8.80. The van der Waals surface area contributed by atoms with Gasteiger partial charge in [0, 0.05) is 23.8 Å². The molecule has 2 heterocycles. The minimum absolute atomic E-state index is 0.0487. The van der Waals surface area contributed by atoms with Crippen LogP contribution >= 0.6 is 11.6 Å². The van der Waals surface area contributed by atoms with Gasteiger partial charge in [0.15, 0.2) is 11.5 Å². The molecule has 1 atom stereocenters. The van der Waals surface area contributed by atoms with Crippen LogP contribution in [0.15, 0.2) is 60.3 Å². The van der Waals surface area contributed by atoms with E-state index in [1.807, 2.05) is 12.1 Å². The minimum atomic E-state index is -4.75. The summed E-state index contributed by atoms with van der Waals surface area (Å²) in [5.74, 6) is 5.10. The standard InChI is InChI=1S/C19H20ClF3N6O/c1-28-14(8-11-2-4-13(20)5-3-11)10-16(30)29(28)15-9-12(6-7-26-15)17(24)18(27-25)19(21,22)23/h2-7,9-10,14,27,30H,8,24-25H2,1H3/b18-17-. The lowest BCUT2D eigenvalue weighted by molar-refractivity contribution is -0.0961. The van der Waals surface area contributed by atoms with E-state index >= 15 is 0 Å². The van der Waals surface area contributed by atoms with E-state index in [4.69, 9.17) is 23.2 Å². The van der Waals surface area contributed by atoms with Crippen molar-refractivity contribution >= 4 is 23.1 Å². The lowest BCUT2D eigenvalue weighted by Gasteiger charge is -2.30. The number of anilines is 1. The molecule has 0 bridgehead atoms. The highest BCUT2D eigenvalue weighted by atomic mass is 35.5. The Hall–Kier alpha value is -2.95. The number of halogens is 4. The number of likely N-dealkylation sites (N-methyl/N-ethyl adjacent to an activating group) is 1. The molecular weight excluding hydrogens is 421 g/mol. The number of nitrogens with one attached hydrogen (secondary N) is 1. The lowest BCUT2D eigenvalue weighted by Crippen LogP contribution is -2.40. The molecule has 0 saturated carbocycles. The fourth-order valence-electron chi connectivity index (χ4n) is 3.15. The van der Waals surface area contributed by atoms with Crippen molar-refractivity contribution in [2.45, 2.75) is 18.6 Å². The smallest absolute Gasteiger partial charge is 0.434 e. The number of aliphatic hydroxyl groups excluding tert-OH is 1. The first-order valence-corrected chi connectivity index (χ1v) is 9.17. The zero-order valence-corrected chi connectivity index (χ0v) is 16.6. The highest BCUT2D eigenvalue weighted by molar-refractivity contribution is 6.30. The molecule has 7 nitrogen and oxygen atoms in total. The molecule has 1 aromatic heterocycles. The van der Waals surface area contributed by atoms with Crippen molar-refractivity contribution in [3.63, 3.8) is 0 Å². The summed E-state index contributed by atoms with van der Waals surface area (Å²) in [6, 6.07) is 9.77. The highest BCUT2D eigenvalue weighted by Gasteiger charge is 2.36. The molecule has 30 heavy (non-hydrogen) atoms. The maximum atomic E-state index is 13.1. The van der Waals surface area contributed by atoms with Gasteiger partial charge in [-0.05, 0) is 42.3 Å². The van der Waals surface area contributed by atoms with Crippen LogP contribution < -0.4 is 22.0 Å². The van der Waals surface area contributed by atoms with E-state index in [-0.39, 0.29) is 23.3 Å². The molecule has 0 spiro atoms. The summed E-state index contributed by atoms with van der Waals surface area (Å²) in [6.07, 6.45) is -1.25. The molecule has 0 radical (unpaired) electrons. The van der Waals surface area contributed by atoms with Crippen LogP contribution in [-0.2, 0) is 6.42 Å². The Morgan fingerprint density at radius 3 is 2.53 bits per heavy atom. The van der Waals surface area contributed by atoms with Gasteiger partial charge in [0.25, 0.3) is 0 Å². The van der Waals surface area contributed by atoms with Gasteiger partial charge in [0.05, 0.1) is 11.7 Å². The summed E-state index contributed by atoms with van der Waals surface area (Å²) in [4.78, 5) is 4.16. The fourth-order valence-corrected chi connectivity index (χ4v) is 3.28. The van der Waals surface area contributed by atoms with E-state index in [9.17, 15) is 18.3 Å². The van der Waals surface area contributed by atoms with Crippen molar-refractivity contribution in [3.8, 4) is 0 Å². The van der Waals surface area contributed by atoms with Crippen molar-refractivity contribution in [3.05, 3.63) is 76.4 Å². The molecule has 1 aliphatic heterocycles. The molecule has 0 aliphatic carbocycles. The third kappa shape index (κ3) is 4.45. The number of alkyl halides is 3. The first kappa shape index (κ1) is 21.8. The first-order chi connectivity index (χ1) is 14.1. The van der Waals surface area contributed by atoms with Gasteiger partial charge in [0.1, 0.15) is 0 Å². The van der Waals surface area contributed by atoms with E-state index in [1.54, 1.807) is 35.7 Å². The van der Waals surface area contributed by atoms with E-state index in [1.165, 1.54) is 23.3 Å². The molecule has 160 valence electrons. The van der Waals surface area contributed by atoms with Crippen LogP contribution in [0.25, 0.3) is 5.70 Å². The number of nitrogens with zero attached hydrogens (tertiary/aromatic N) is 3. The Morgan fingerprint density at radius 2 is 1.93 bits per heavy atom. The summed E-state index contributed by atoms with van der Waals surface area (Å²) in [5.41, 5.74) is 6.48. The van der Waals surface area contributed by atoms with E-state index < -0.39 is 17.6 Å². The Kier molecular flexibility index (Phi) is 6.11. The molecule has 6 N–H and O–H groups in total. The van der Waals surface area contributed by atoms with Gasteiger partial charge in [-0.3, -0.25) is 5.84 Å². The predicted octanol–water partition coefficient (Wildman–Crippen LogP) is 3.07.